The predicted molar refractivity (Wildman–Crippen MR) is 72.6 cm³/mol. The maximum atomic E-state index is 11.7. The van der Waals surface area contributed by atoms with E-state index in [0.717, 1.165) is 12.8 Å². The molecule has 0 saturated heterocycles. The van der Waals surface area contributed by atoms with Crippen molar-refractivity contribution in [2.45, 2.75) is 33.2 Å². The minimum absolute atomic E-state index is 0.135. The number of nitrogens with zero attached hydrogens (tertiary/aromatic N) is 5. The third-order valence-electron chi connectivity index (χ3n) is 2.77. The second kappa shape index (κ2) is 6.78. The molecule has 0 bridgehead atoms. The van der Waals surface area contributed by atoms with Gasteiger partial charge >= 0.3 is 5.97 Å². The van der Waals surface area contributed by atoms with Crippen LogP contribution in [0.5, 0.6) is 0 Å². The van der Waals surface area contributed by atoms with Gasteiger partial charge in [0.25, 0.3) is 0 Å². The lowest BCUT2D eigenvalue weighted by molar-refractivity contribution is 0.0542. The van der Waals surface area contributed by atoms with E-state index >= 15 is 0 Å². The molecule has 0 aliphatic heterocycles. The van der Waals surface area contributed by atoms with Crippen LogP contribution in [-0.2, 0) is 17.7 Å². The Morgan fingerprint density at radius 3 is 3.05 bits per heavy atom. The van der Waals surface area contributed by atoms with E-state index in [2.05, 4.69) is 27.0 Å². The van der Waals surface area contributed by atoms with Crippen LogP contribution in [-0.4, -0.2) is 37.7 Å². The Kier molecular flexibility index (Phi) is 4.81. The lowest BCUT2D eigenvalue weighted by atomic mass is 10.3. The maximum Gasteiger partial charge on any atom is 0.361 e. The third-order valence-corrected chi connectivity index (χ3v) is 2.77. The number of esters is 1. The van der Waals surface area contributed by atoms with Gasteiger partial charge in [0, 0.05) is 6.42 Å². The van der Waals surface area contributed by atoms with Crippen LogP contribution in [0.4, 0.5) is 0 Å². The first-order chi connectivity index (χ1) is 10.2. The van der Waals surface area contributed by atoms with Gasteiger partial charge in [-0.2, -0.15) is 4.98 Å². The zero-order valence-electron chi connectivity index (χ0n) is 12.1. The summed E-state index contributed by atoms with van der Waals surface area (Å²) in [5.74, 6) is 0.562. The van der Waals surface area contributed by atoms with Gasteiger partial charge in [0.15, 0.2) is 11.5 Å². The molecule has 0 spiro atoms. The van der Waals surface area contributed by atoms with Crippen molar-refractivity contribution < 1.29 is 14.1 Å². The highest BCUT2D eigenvalue weighted by Gasteiger charge is 2.18. The molecule has 0 N–H and O–H groups in total. The molecular weight excluding hydrogens is 274 g/mol. The molecule has 0 aliphatic rings. The Hall–Kier alpha value is -2.51. The zero-order valence-corrected chi connectivity index (χ0v) is 12.1. The van der Waals surface area contributed by atoms with E-state index in [0.29, 0.717) is 24.0 Å². The molecule has 0 aromatic carbocycles. The maximum absolute atomic E-state index is 11.7. The molecule has 8 heteroatoms. The van der Waals surface area contributed by atoms with Crippen molar-refractivity contribution in [1.82, 2.24) is 25.1 Å². The summed E-state index contributed by atoms with van der Waals surface area (Å²) in [5.41, 5.74) is 0.764. The zero-order chi connectivity index (χ0) is 15.2. The number of aromatic nitrogens is 5. The highest BCUT2D eigenvalue weighted by molar-refractivity contribution is 5.88. The topological polar surface area (TPSA) is 95.9 Å². The fraction of sp³-hybridized carbons (Fsp3) is 0.462. The molecule has 0 saturated carbocycles. The number of aryl methyl sites for hydroxylation is 1. The molecule has 2 aromatic rings. The highest BCUT2D eigenvalue weighted by Crippen LogP contribution is 2.08. The van der Waals surface area contributed by atoms with Crippen molar-refractivity contribution in [3.63, 3.8) is 0 Å². The Bertz CT molecular complexity index is 632. The summed E-state index contributed by atoms with van der Waals surface area (Å²) >= 11 is 0. The van der Waals surface area contributed by atoms with Gasteiger partial charge in [-0.25, -0.2) is 9.48 Å². The summed E-state index contributed by atoms with van der Waals surface area (Å²) in [7, 11) is 0. The van der Waals surface area contributed by atoms with Crippen LogP contribution in [0.1, 0.15) is 41.2 Å². The number of carbonyl (C=O) groups excluding carboxylic acids is 1. The van der Waals surface area contributed by atoms with Crippen molar-refractivity contribution in [3.8, 4) is 0 Å². The van der Waals surface area contributed by atoms with Crippen LogP contribution in [0, 0.1) is 6.92 Å². The molecule has 0 aliphatic carbocycles. The minimum atomic E-state index is -0.529. The summed E-state index contributed by atoms with van der Waals surface area (Å²) in [4.78, 5) is 16.0. The van der Waals surface area contributed by atoms with Gasteiger partial charge in [-0.15, -0.1) is 5.10 Å². The second-order valence-corrected chi connectivity index (χ2v) is 4.42. The molecule has 2 rings (SSSR count). The number of ether oxygens (including phenoxy) is 1. The molecular formula is C13H17N5O3. The van der Waals surface area contributed by atoms with Gasteiger partial charge in [-0.1, -0.05) is 29.9 Å². The van der Waals surface area contributed by atoms with E-state index in [1.165, 1.54) is 10.8 Å². The molecule has 2 heterocycles. The molecule has 112 valence electrons. The largest absolute Gasteiger partial charge is 0.457 e. The van der Waals surface area contributed by atoms with Crippen LogP contribution >= 0.6 is 0 Å². The van der Waals surface area contributed by atoms with Crippen LogP contribution < -0.4 is 0 Å². The first-order valence-electron chi connectivity index (χ1n) is 6.65. The lowest BCUT2D eigenvalue weighted by Gasteiger charge is -2.00. The quantitative estimate of drug-likeness (QED) is 0.560. The van der Waals surface area contributed by atoms with E-state index in [-0.39, 0.29) is 12.3 Å². The van der Waals surface area contributed by atoms with E-state index in [9.17, 15) is 4.79 Å². The molecule has 8 nitrogen and oxygen atoms in total. The molecule has 0 atom stereocenters. The Morgan fingerprint density at radius 2 is 2.33 bits per heavy atom. The molecule has 21 heavy (non-hydrogen) atoms. The first kappa shape index (κ1) is 14.9. The van der Waals surface area contributed by atoms with Crippen molar-refractivity contribution in [3.05, 3.63) is 35.8 Å². The fourth-order valence-corrected chi connectivity index (χ4v) is 1.71. The Balaban J connectivity index is 2.08. The average molecular weight is 291 g/mol. The lowest BCUT2D eigenvalue weighted by Crippen LogP contribution is -2.09. The van der Waals surface area contributed by atoms with Crippen LogP contribution in [0.25, 0.3) is 0 Å². The number of hydrogen-bond acceptors (Lipinski definition) is 7. The summed E-state index contributed by atoms with van der Waals surface area (Å²) in [6.07, 6.45) is 3.16. The van der Waals surface area contributed by atoms with Crippen molar-refractivity contribution in [2.24, 2.45) is 0 Å². The third kappa shape index (κ3) is 3.53. The van der Waals surface area contributed by atoms with Gasteiger partial charge in [0.1, 0.15) is 13.2 Å². The molecule has 2 aromatic heterocycles. The summed E-state index contributed by atoms with van der Waals surface area (Å²) in [6.45, 7) is 7.68. The van der Waals surface area contributed by atoms with E-state index in [1.54, 1.807) is 6.92 Å². The minimum Gasteiger partial charge on any atom is -0.457 e. The molecule has 0 amide bonds. The predicted octanol–water partition coefficient (Wildman–Crippen LogP) is 1.31. The Morgan fingerprint density at radius 1 is 1.52 bits per heavy atom. The molecule has 0 unspecified atom stereocenters. The van der Waals surface area contributed by atoms with Crippen LogP contribution in [0.3, 0.4) is 0 Å². The normalized spacial score (nSPS) is 10.6. The van der Waals surface area contributed by atoms with E-state index < -0.39 is 5.97 Å². The molecule has 0 fully saturated rings. The summed E-state index contributed by atoms with van der Waals surface area (Å²) in [6, 6.07) is 0. The fourth-order valence-electron chi connectivity index (χ4n) is 1.71. The van der Waals surface area contributed by atoms with Gasteiger partial charge in [-0.05, 0) is 13.3 Å². The SMILES string of the molecule is C=CCOC(=O)c1nnn(Cc2noc(CCC)n2)c1C. The van der Waals surface area contributed by atoms with Crippen LogP contribution in [0.15, 0.2) is 17.2 Å². The van der Waals surface area contributed by atoms with E-state index in [1.807, 2.05) is 6.92 Å². The van der Waals surface area contributed by atoms with Gasteiger partial charge in [0.2, 0.25) is 5.89 Å². The number of hydrogen-bond donors (Lipinski definition) is 0. The number of rotatable bonds is 7. The highest BCUT2D eigenvalue weighted by atomic mass is 16.5. The van der Waals surface area contributed by atoms with Crippen LogP contribution in [0.2, 0.25) is 0 Å². The smallest absolute Gasteiger partial charge is 0.361 e. The first-order valence-corrected chi connectivity index (χ1v) is 6.65. The average Bonchev–Trinajstić information content (AvgIpc) is 3.05. The summed E-state index contributed by atoms with van der Waals surface area (Å²) in [5, 5.41) is 11.6. The Labute approximate surface area is 121 Å². The van der Waals surface area contributed by atoms with Gasteiger partial charge in [-0.3, -0.25) is 0 Å². The standard InChI is InChI=1S/C13H17N5O3/c1-4-6-11-14-10(16-21-11)8-18-9(3)12(15-17-18)13(19)20-7-5-2/h5H,2,4,6-8H2,1,3H3. The van der Waals surface area contributed by atoms with Crippen molar-refractivity contribution in [1.29, 1.82) is 0 Å². The van der Waals surface area contributed by atoms with Crippen molar-refractivity contribution >= 4 is 5.97 Å². The van der Waals surface area contributed by atoms with Gasteiger partial charge < -0.3 is 9.26 Å². The van der Waals surface area contributed by atoms with Gasteiger partial charge in [0.05, 0.1) is 5.69 Å². The number of carbonyl (C=O) groups is 1. The summed E-state index contributed by atoms with van der Waals surface area (Å²) < 4.78 is 11.6. The molecule has 0 radical (unpaired) electrons. The van der Waals surface area contributed by atoms with Crippen molar-refractivity contribution in [2.75, 3.05) is 6.61 Å². The van der Waals surface area contributed by atoms with E-state index in [4.69, 9.17) is 9.26 Å². The second-order valence-electron chi connectivity index (χ2n) is 4.42. The monoisotopic (exact) mass is 291 g/mol.